The van der Waals surface area contributed by atoms with Gasteiger partial charge in [0, 0.05) is 6.42 Å². The quantitative estimate of drug-likeness (QED) is 0.807. The Kier molecular flexibility index (Phi) is 4.19. The van der Waals surface area contributed by atoms with Crippen LogP contribution in [0, 0.1) is 5.82 Å². The molecule has 0 saturated carbocycles. The highest BCUT2D eigenvalue weighted by Gasteiger charge is 2.40. The molecule has 2 rings (SSSR count). The molecule has 1 saturated heterocycles. The van der Waals surface area contributed by atoms with E-state index in [1.54, 1.807) is 6.07 Å². The summed E-state index contributed by atoms with van der Waals surface area (Å²) in [5.74, 6) is -0.515. The first-order valence-electron chi connectivity index (χ1n) is 6.42. The second-order valence-electron chi connectivity index (χ2n) is 4.27. The number of rotatable bonds is 5. The molecule has 0 spiro atoms. The molecular formula is C14H19FO3. The molecule has 0 N–H and O–H groups in total. The highest BCUT2D eigenvalue weighted by Crippen LogP contribution is 2.41. The van der Waals surface area contributed by atoms with Crippen molar-refractivity contribution >= 4 is 0 Å². The minimum absolute atomic E-state index is 0.303. The molecule has 1 aliphatic heterocycles. The normalized spacial score (nSPS) is 17.9. The zero-order valence-electron chi connectivity index (χ0n) is 10.9. The van der Waals surface area contributed by atoms with E-state index in [2.05, 4.69) is 0 Å². The van der Waals surface area contributed by atoms with Gasteiger partial charge in [-0.25, -0.2) is 4.39 Å². The van der Waals surface area contributed by atoms with Gasteiger partial charge in [-0.1, -0.05) is 13.3 Å². The molecule has 1 aliphatic rings. The second kappa shape index (κ2) is 5.67. The molecule has 4 heteroatoms. The maximum absolute atomic E-state index is 13.5. The lowest BCUT2D eigenvalue weighted by atomic mass is 9.99. The van der Waals surface area contributed by atoms with Crippen molar-refractivity contribution in [3.63, 3.8) is 0 Å². The number of hydrogen-bond acceptors (Lipinski definition) is 3. The molecule has 100 valence electrons. The van der Waals surface area contributed by atoms with Crippen LogP contribution in [0.1, 0.15) is 32.3 Å². The van der Waals surface area contributed by atoms with Crippen molar-refractivity contribution in [2.24, 2.45) is 0 Å². The third-order valence-corrected chi connectivity index (χ3v) is 2.98. The minimum atomic E-state index is -0.846. The molecule has 1 aromatic carbocycles. The van der Waals surface area contributed by atoms with E-state index >= 15 is 0 Å². The van der Waals surface area contributed by atoms with E-state index < -0.39 is 5.79 Å². The Morgan fingerprint density at radius 3 is 2.61 bits per heavy atom. The topological polar surface area (TPSA) is 27.7 Å². The van der Waals surface area contributed by atoms with Gasteiger partial charge in [-0.05, 0) is 25.1 Å². The van der Waals surface area contributed by atoms with Gasteiger partial charge in [-0.2, -0.15) is 0 Å². The van der Waals surface area contributed by atoms with Crippen molar-refractivity contribution in [2.45, 2.75) is 32.5 Å². The highest BCUT2D eigenvalue weighted by molar-refractivity contribution is 5.38. The first kappa shape index (κ1) is 13.3. The summed E-state index contributed by atoms with van der Waals surface area (Å²) in [5.41, 5.74) is 0.656. The first-order valence-corrected chi connectivity index (χ1v) is 6.42. The molecule has 0 unspecified atom stereocenters. The van der Waals surface area contributed by atoms with Gasteiger partial charge in [0.1, 0.15) is 11.6 Å². The van der Waals surface area contributed by atoms with Crippen LogP contribution in [0.4, 0.5) is 4.39 Å². The van der Waals surface area contributed by atoms with Crippen LogP contribution in [-0.2, 0) is 15.3 Å². The average molecular weight is 254 g/mol. The van der Waals surface area contributed by atoms with Crippen LogP contribution in [-0.4, -0.2) is 19.8 Å². The highest BCUT2D eigenvalue weighted by atomic mass is 19.1. The molecule has 1 fully saturated rings. The fourth-order valence-electron chi connectivity index (χ4n) is 2.30. The van der Waals surface area contributed by atoms with Crippen LogP contribution < -0.4 is 4.74 Å². The maximum Gasteiger partial charge on any atom is 0.198 e. The summed E-state index contributed by atoms with van der Waals surface area (Å²) < 4.78 is 30.5. The van der Waals surface area contributed by atoms with Crippen LogP contribution in [0.5, 0.6) is 5.75 Å². The average Bonchev–Trinajstić information content (AvgIpc) is 2.82. The van der Waals surface area contributed by atoms with Gasteiger partial charge in [0.15, 0.2) is 5.79 Å². The number of halogens is 1. The van der Waals surface area contributed by atoms with Crippen LogP contribution in [0.15, 0.2) is 18.2 Å². The summed E-state index contributed by atoms with van der Waals surface area (Å²) in [5, 5.41) is 0. The molecule has 1 aromatic rings. The van der Waals surface area contributed by atoms with E-state index in [0.29, 0.717) is 37.6 Å². The Bertz CT molecular complexity index is 400. The SMILES string of the molecule is CCCC1(c2cc(F)ccc2OCC)OCCO1. The molecule has 0 atom stereocenters. The van der Waals surface area contributed by atoms with Gasteiger partial charge in [0.05, 0.1) is 25.4 Å². The zero-order chi connectivity index (χ0) is 13.0. The predicted octanol–water partition coefficient (Wildman–Crippen LogP) is 3.22. The standard InChI is InChI=1S/C14H19FO3/c1-3-7-14(17-8-9-18-14)12-10-11(15)5-6-13(12)16-4-2/h5-6,10H,3-4,7-9H2,1-2H3. The van der Waals surface area contributed by atoms with E-state index in [1.165, 1.54) is 12.1 Å². The van der Waals surface area contributed by atoms with Gasteiger partial charge < -0.3 is 14.2 Å². The van der Waals surface area contributed by atoms with E-state index in [-0.39, 0.29) is 5.82 Å². The van der Waals surface area contributed by atoms with Crippen LogP contribution in [0.2, 0.25) is 0 Å². The molecule has 0 aliphatic carbocycles. The summed E-state index contributed by atoms with van der Waals surface area (Å²) in [6.45, 7) is 5.54. The summed E-state index contributed by atoms with van der Waals surface area (Å²) in [7, 11) is 0. The van der Waals surface area contributed by atoms with E-state index in [0.717, 1.165) is 6.42 Å². The first-order chi connectivity index (χ1) is 8.72. The Morgan fingerprint density at radius 2 is 2.00 bits per heavy atom. The molecule has 0 radical (unpaired) electrons. The predicted molar refractivity (Wildman–Crippen MR) is 66.1 cm³/mol. The Morgan fingerprint density at radius 1 is 1.28 bits per heavy atom. The van der Waals surface area contributed by atoms with Gasteiger partial charge in [-0.3, -0.25) is 0 Å². The maximum atomic E-state index is 13.5. The number of ether oxygens (including phenoxy) is 3. The monoisotopic (exact) mass is 254 g/mol. The van der Waals surface area contributed by atoms with E-state index in [1.807, 2.05) is 13.8 Å². The van der Waals surface area contributed by atoms with Crippen molar-refractivity contribution in [1.82, 2.24) is 0 Å². The lowest BCUT2D eigenvalue weighted by molar-refractivity contribution is -0.172. The molecule has 18 heavy (non-hydrogen) atoms. The fraction of sp³-hybridized carbons (Fsp3) is 0.571. The third kappa shape index (κ3) is 2.49. The van der Waals surface area contributed by atoms with Gasteiger partial charge >= 0.3 is 0 Å². The lowest BCUT2D eigenvalue weighted by Gasteiger charge is -2.29. The zero-order valence-corrected chi connectivity index (χ0v) is 10.9. The van der Waals surface area contributed by atoms with E-state index in [9.17, 15) is 4.39 Å². The minimum Gasteiger partial charge on any atom is -0.493 e. The van der Waals surface area contributed by atoms with E-state index in [4.69, 9.17) is 14.2 Å². The molecule has 0 amide bonds. The number of benzene rings is 1. The molecule has 0 aromatic heterocycles. The van der Waals surface area contributed by atoms with Crippen molar-refractivity contribution < 1.29 is 18.6 Å². The smallest absolute Gasteiger partial charge is 0.198 e. The van der Waals surface area contributed by atoms with Crippen LogP contribution >= 0.6 is 0 Å². The third-order valence-electron chi connectivity index (χ3n) is 2.98. The van der Waals surface area contributed by atoms with Gasteiger partial charge in [0.2, 0.25) is 0 Å². The molecule has 1 heterocycles. The second-order valence-corrected chi connectivity index (χ2v) is 4.27. The Labute approximate surface area is 107 Å². The van der Waals surface area contributed by atoms with Crippen molar-refractivity contribution in [1.29, 1.82) is 0 Å². The molecule has 0 bridgehead atoms. The van der Waals surface area contributed by atoms with Crippen molar-refractivity contribution in [2.75, 3.05) is 19.8 Å². The molecule has 3 nitrogen and oxygen atoms in total. The summed E-state index contributed by atoms with van der Waals surface area (Å²) >= 11 is 0. The largest absolute Gasteiger partial charge is 0.493 e. The molecular weight excluding hydrogens is 235 g/mol. The van der Waals surface area contributed by atoms with Gasteiger partial charge in [-0.15, -0.1) is 0 Å². The van der Waals surface area contributed by atoms with Crippen molar-refractivity contribution in [3.05, 3.63) is 29.6 Å². The Hall–Kier alpha value is -1.13. The van der Waals surface area contributed by atoms with Crippen LogP contribution in [0.25, 0.3) is 0 Å². The fourth-order valence-corrected chi connectivity index (χ4v) is 2.30. The van der Waals surface area contributed by atoms with Crippen LogP contribution in [0.3, 0.4) is 0 Å². The van der Waals surface area contributed by atoms with Gasteiger partial charge in [0.25, 0.3) is 0 Å². The summed E-state index contributed by atoms with van der Waals surface area (Å²) in [4.78, 5) is 0. The summed E-state index contributed by atoms with van der Waals surface area (Å²) in [6, 6.07) is 4.48. The lowest BCUT2D eigenvalue weighted by Crippen LogP contribution is -2.28. The van der Waals surface area contributed by atoms with Crippen molar-refractivity contribution in [3.8, 4) is 5.75 Å². The Balaban J connectivity index is 2.42. The number of hydrogen-bond donors (Lipinski definition) is 0. The summed E-state index contributed by atoms with van der Waals surface area (Å²) in [6.07, 6.45) is 1.58.